The smallest absolute Gasteiger partial charge is 0.0948 e. The maximum Gasteiger partial charge on any atom is 0.0948 e. The highest BCUT2D eigenvalue weighted by Gasteiger charge is 2.17. The molecule has 1 saturated heterocycles. The number of rotatable bonds is 6. The van der Waals surface area contributed by atoms with Crippen molar-refractivity contribution in [1.82, 2.24) is 24.4 Å². The molecule has 1 fully saturated rings. The molecule has 2 aromatic rings. The van der Waals surface area contributed by atoms with E-state index in [0.29, 0.717) is 6.04 Å². The number of hydrogen-bond acceptors (Lipinski definition) is 3. The van der Waals surface area contributed by atoms with E-state index in [2.05, 4.69) is 24.4 Å². The van der Waals surface area contributed by atoms with Gasteiger partial charge in [0.2, 0.25) is 0 Å². The fraction of sp³-hybridized carbons (Fsp3) is 0.600. The predicted molar refractivity (Wildman–Crippen MR) is 78.3 cm³/mol. The van der Waals surface area contributed by atoms with E-state index in [1.54, 1.807) is 0 Å². The van der Waals surface area contributed by atoms with Crippen LogP contribution in [0.4, 0.5) is 0 Å². The van der Waals surface area contributed by atoms with Crippen molar-refractivity contribution in [3.05, 3.63) is 36.9 Å². The van der Waals surface area contributed by atoms with Gasteiger partial charge in [-0.2, -0.15) is 0 Å². The first-order valence-corrected chi connectivity index (χ1v) is 7.62. The van der Waals surface area contributed by atoms with Gasteiger partial charge in [-0.25, -0.2) is 9.97 Å². The van der Waals surface area contributed by atoms with Gasteiger partial charge in [0.1, 0.15) is 0 Å². The second-order valence-corrected chi connectivity index (χ2v) is 5.52. The van der Waals surface area contributed by atoms with Gasteiger partial charge in [-0.15, -0.1) is 0 Å². The number of hydrogen-bond donors (Lipinski definition) is 1. The molecule has 0 aromatic carbocycles. The lowest BCUT2D eigenvalue weighted by molar-refractivity contribution is 0.390. The van der Waals surface area contributed by atoms with Crippen molar-refractivity contribution in [2.24, 2.45) is 0 Å². The Balaban J connectivity index is 1.49. The topological polar surface area (TPSA) is 47.7 Å². The Morgan fingerprint density at radius 1 is 1.15 bits per heavy atom. The number of unbranched alkanes of at least 4 members (excludes halogenated alkanes) is 1. The summed E-state index contributed by atoms with van der Waals surface area (Å²) < 4.78 is 4.45. The maximum absolute atomic E-state index is 4.33. The molecule has 0 amide bonds. The molecule has 5 heteroatoms. The molecule has 5 nitrogen and oxygen atoms in total. The van der Waals surface area contributed by atoms with Crippen molar-refractivity contribution in [2.45, 2.75) is 51.2 Å². The standard InChI is InChI=1S/C15H23N5/c1-2-6-18-14(5-1)15-11-17-13-20(15)9-4-3-8-19-10-7-16-12-19/h7,10-14,18H,1-6,8-9H2. The number of aryl methyl sites for hydroxylation is 2. The summed E-state index contributed by atoms with van der Waals surface area (Å²) in [5, 5.41) is 3.60. The Labute approximate surface area is 120 Å². The lowest BCUT2D eigenvalue weighted by Gasteiger charge is -2.24. The zero-order valence-electron chi connectivity index (χ0n) is 11.9. The van der Waals surface area contributed by atoms with Crippen molar-refractivity contribution in [1.29, 1.82) is 0 Å². The summed E-state index contributed by atoms with van der Waals surface area (Å²) in [6.45, 7) is 3.24. The summed E-state index contributed by atoms with van der Waals surface area (Å²) >= 11 is 0. The van der Waals surface area contributed by atoms with Gasteiger partial charge in [-0.1, -0.05) is 6.42 Å². The van der Waals surface area contributed by atoms with Crippen LogP contribution in [0.2, 0.25) is 0 Å². The lowest BCUT2D eigenvalue weighted by Crippen LogP contribution is -2.28. The molecule has 2 aromatic heterocycles. The minimum Gasteiger partial charge on any atom is -0.337 e. The van der Waals surface area contributed by atoms with E-state index in [9.17, 15) is 0 Å². The Morgan fingerprint density at radius 3 is 2.90 bits per heavy atom. The fourth-order valence-electron chi connectivity index (χ4n) is 2.91. The van der Waals surface area contributed by atoms with Gasteiger partial charge in [-0.3, -0.25) is 0 Å². The molecule has 0 aliphatic carbocycles. The molecule has 0 radical (unpaired) electrons. The highest BCUT2D eigenvalue weighted by atomic mass is 15.1. The predicted octanol–water partition coefficient (Wildman–Crippen LogP) is 2.37. The molecule has 3 rings (SSSR count). The summed E-state index contributed by atoms with van der Waals surface area (Å²) in [7, 11) is 0. The van der Waals surface area contributed by atoms with Crippen LogP contribution in [-0.4, -0.2) is 25.6 Å². The number of nitrogens with one attached hydrogen (secondary N) is 1. The molecule has 1 aliphatic heterocycles. The molecule has 1 aliphatic rings. The van der Waals surface area contributed by atoms with Gasteiger partial charge in [-0.05, 0) is 32.2 Å². The molecule has 1 unspecified atom stereocenters. The second kappa shape index (κ2) is 6.70. The van der Waals surface area contributed by atoms with Crippen molar-refractivity contribution < 1.29 is 0 Å². The van der Waals surface area contributed by atoms with E-state index in [-0.39, 0.29) is 0 Å². The monoisotopic (exact) mass is 273 g/mol. The van der Waals surface area contributed by atoms with Crippen molar-refractivity contribution in [3.63, 3.8) is 0 Å². The highest BCUT2D eigenvalue weighted by Crippen LogP contribution is 2.22. The van der Waals surface area contributed by atoms with Crippen LogP contribution in [-0.2, 0) is 13.1 Å². The van der Waals surface area contributed by atoms with E-state index in [0.717, 1.165) is 19.6 Å². The van der Waals surface area contributed by atoms with Crippen LogP contribution >= 0.6 is 0 Å². The van der Waals surface area contributed by atoms with Gasteiger partial charge in [0.25, 0.3) is 0 Å². The molecule has 3 heterocycles. The highest BCUT2D eigenvalue weighted by molar-refractivity contribution is 5.06. The average molecular weight is 273 g/mol. The molecule has 1 atom stereocenters. The van der Waals surface area contributed by atoms with Crippen LogP contribution in [0.15, 0.2) is 31.2 Å². The summed E-state index contributed by atoms with van der Waals surface area (Å²) in [5.74, 6) is 0. The number of nitrogens with zero attached hydrogens (tertiary/aromatic N) is 4. The zero-order chi connectivity index (χ0) is 13.6. The summed E-state index contributed by atoms with van der Waals surface area (Å²) in [6, 6.07) is 0.500. The number of imidazole rings is 2. The SMILES string of the molecule is c1cn(CCCCn2cncc2C2CCCCN2)cn1. The molecule has 1 N–H and O–H groups in total. The third-order valence-corrected chi connectivity index (χ3v) is 4.04. The number of aromatic nitrogens is 4. The largest absolute Gasteiger partial charge is 0.337 e. The minimum absolute atomic E-state index is 0.500. The van der Waals surface area contributed by atoms with Crippen LogP contribution in [0.1, 0.15) is 43.8 Å². The quantitative estimate of drug-likeness (QED) is 0.822. The Morgan fingerprint density at radius 2 is 2.10 bits per heavy atom. The molecular weight excluding hydrogens is 250 g/mol. The Hall–Kier alpha value is -1.62. The van der Waals surface area contributed by atoms with E-state index >= 15 is 0 Å². The van der Waals surface area contributed by atoms with Gasteiger partial charge >= 0.3 is 0 Å². The first-order valence-electron chi connectivity index (χ1n) is 7.62. The molecule has 0 spiro atoms. The van der Waals surface area contributed by atoms with Crippen LogP contribution in [0.25, 0.3) is 0 Å². The minimum atomic E-state index is 0.500. The first-order chi connectivity index (χ1) is 9.93. The van der Waals surface area contributed by atoms with E-state index in [1.807, 2.05) is 31.2 Å². The molecular formula is C15H23N5. The van der Waals surface area contributed by atoms with E-state index < -0.39 is 0 Å². The summed E-state index contributed by atoms with van der Waals surface area (Å²) in [5.41, 5.74) is 1.35. The van der Waals surface area contributed by atoms with Crippen LogP contribution in [0.5, 0.6) is 0 Å². The van der Waals surface area contributed by atoms with Gasteiger partial charge in [0.15, 0.2) is 0 Å². The maximum atomic E-state index is 4.33. The molecule has 108 valence electrons. The Kier molecular flexibility index (Phi) is 4.48. The first kappa shape index (κ1) is 13.4. The Bertz CT molecular complexity index is 496. The van der Waals surface area contributed by atoms with Crippen LogP contribution < -0.4 is 5.32 Å². The van der Waals surface area contributed by atoms with Crippen molar-refractivity contribution >= 4 is 0 Å². The van der Waals surface area contributed by atoms with Crippen molar-refractivity contribution in [3.8, 4) is 0 Å². The summed E-state index contributed by atoms with van der Waals surface area (Å²) in [4.78, 5) is 8.40. The van der Waals surface area contributed by atoms with Gasteiger partial charge in [0, 0.05) is 37.7 Å². The normalized spacial score (nSPS) is 19.3. The van der Waals surface area contributed by atoms with E-state index in [1.165, 1.54) is 37.8 Å². The van der Waals surface area contributed by atoms with Gasteiger partial charge < -0.3 is 14.5 Å². The van der Waals surface area contributed by atoms with Crippen LogP contribution in [0.3, 0.4) is 0 Å². The van der Waals surface area contributed by atoms with Gasteiger partial charge in [0.05, 0.1) is 18.3 Å². The van der Waals surface area contributed by atoms with E-state index in [4.69, 9.17) is 0 Å². The lowest BCUT2D eigenvalue weighted by atomic mass is 10.0. The fourth-order valence-corrected chi connectivity index (χ4v) is 2.91. The third-order valence-electron chi connectivity index (χ3n) is 4.04. The van der Waals surface area contributed by atoms with Crippen LogP contribution in [0, 0.1) is 0 Å². The zero-order valence-corrected chi connectivity index (χ0v) is 11.9. The van der Waals surface area contributed by atoms with Crippen molar-refractivity contribution in [2.75, 3.05) is 6.54 Å². The third kappa shape index (κ3) is 3.28. The summed E-state index contributed by atoms with van der Waals surface area (Å²) in [6.07, 6.45) is 16.0. The molecule has 0 saturated carbocycles. The molecule has 20 heavy (non-hydrogen) atoms. The molecule has 0 bridgehead atoms. The number of piperidine rings is 1. The second-order valence-electron chi connectivity index (χ2n) is 5.52. The average Bonchev–Trinajstić information content (AvgIpc) is 3.16.